The summed E-state index contributed by atoms with van der Waals surface area (Å²) in [5.41, 5.74) is 3.69. The summed E-state index contributed by atoms with van der Waals surface area (Å²) in [5, 5.41) is 3.83. The van der Waals surface area contributed by atoms with Crippen LogP contribution in [0.5, 0.6) is 5.75 Å². The molecule has 1 N–H and O–H groups in total. The number of ether oxygens (including phenoxy) is 2. The maximum atomic E-state index is 13.5. The average molecular weight is 438 g/mol. The summed E-state index contributed by atoms with van der Waals surface area (Å²) in [6.07, 6.45) is 2.44. The third kappa shape index (κ3) is 3.86. The maximum Gasteiger partial charge on any atom is 0.336 e. The van der Waals surface area contributed by atoms with Crippen LogP contribution in [-0.2, 0) is 14.3 Å². The zero-order valence-corrected chi connectivity index (χ0v) is 18.4. The average Bonchev–Trinajstić information content (AvgIpc) is 2.78. The third-order valence-corrected chi connectivity index (χ3v) is 6.40. The molecular weight excluding hydrogens is 414 g/mol. The lowest BCUT2D eigenvalue weighted by molar-refractivity contribution is -0.136. The number of carbonyl (C=O) groups excluding carboxylic acids is 2. The fraction of sp³-hybridized carbons (Fsp3) is 0.280. The molecule has 0 radical (unpaired) electrons. The van der Waals surface area contributed by atoms with Gasteiger partial charge in [0.25, 0.3) is 0 Å². The number of esters is 1. The quantitative estimate of drug-likeness (QED) is 0.700. The van der Waals surface area contributed by atoms with Crippen LogP contribution in [0.3, 0.4) is 0 Å². The van der Waals surface area contributed by atoms with Crippen LogP contribution in [0.15, 0.2) is 71.6 Å². The van der Waals surface area contributed by atoms with E-state index in [2.05, 4.69) is 11.4 Å². The van der Waals surface area contributed by atoms with E-state index in [1.807, 2.05) is 49.4 Å². The Labute approximate surface area is 186 Å². The Morgan fingerprint density at radius 2 is 1.77 bits per heavy atom. The van der Waals surface area contributed by atoms with Gasteiger partial charge in [-0.2, -0.15) is 0 Å². The minimum Gasteiger partial charge on any atom is -0.497 e. The zero-order chi connectivity index (χ0) is 22.1. The van der Waals surface area contributed by atoms with Crippen LogP contribution in [0.2, 0.25) is 5.02 Å². The smallest absolute Gasteiger partial charge is 0.336 e. The summed E-state index contributed by atoms with van der Waals surface area (Å²) < 4.78 is 10.3. The van der Waals surface area contributed by atoms with Crippen molar-refractivity contribution >= 4 is 23.4 Å². The van der Waals surface area contributed by atoms with Gasteiger partial charge in [-0.05, 0) is 36.2 Å². The molecule has 0 fully saturated rings. The summed E-state index contributed by atoms with van der Waals surface area (Å²) in [6, 6.07) is 15.1. The Balaban J connectivity index is 1.82. The van der Waals surface area contributed by atoms with Crippen LogP contribution in [0.1, 0.15) is 36.3 Å². The van der Waals surface area contributed by atoms with E-state index in [1.54, 1.807) is 13.2 Å². The number of nitrogens with one attached hydrogen (secondary N) is 1. The number of methoxy groups -OCH3 is 2. The number of hydrogen-bond acceptors (Lipinski definition) is 5. The van der Waals surface area contributed by atoms with Gasteiger partial charge in [-0.3, -0.25) is 4.79 Å². The van der Waals surface area contributed by atoms with Crippen LogP contribution in [0.25, 0.3) is 0 Å². The van der Waals surface area contributed by atoms with Crippen molar-refractivity contribution in [2.45, 2.75) is 25.2 Å². The number of allylic oxidation sites excluding steroid dienone is 3. The first-order chi connectivity index (χ1) is 14.9. The first-order valence-corrected chi connectivity index (χ1v) is 10.5. The van der Waals surface area contributed by atoms with Crippen molar-refractivity contribution in [3.8, 4) is 5.75 Å². The van der Waals surface area contributed by atoms with Gasteiger partial charge in [0.05, 0.1) is 25.7 Å². The topological polar surface area (TPSA) is 64.6 Å². The third-order valence-electron chi connectivity index (χ3n) is 6.05. The number of benzene rings is 2. The van der Waals surface area contributed by atoms with Gasteiger partial charge < -0.3 is 14.8 Å². The molecule has 0 saturated carbocycles. The highest BCUT2D eigenvalue weighted by Gasteiger charge is 2.45. The lowest BCUT2D eigenvalue weighted by Crippen LogP contribution is -2.41. The van der Waals surface area contributed by atoms with Gasteiger partial charge in [0.1, 0.15) is 11.5 Å². The van der Waals surface area contributed by atoms with Gasteiger partial charge in [-0.1, -0.05) is 48.0 Å². The molecule has 0 saturated heterocycles. The SMILES string of the molecule is COC(=O)C1=C(C)NC2=CC(c3ccc(OC)cc3)CC(=O)C2C1c1ccccc1Cl. The summed E-state index contributed by atoms with van der Waals surface area (Å²) in [5.74, 6) is -0.710. The molecule has 1 aliphatic heterocycles. The summed E-state index contributed by atoms with van der Waals surface area (Å²) >= 11 is 6.51. The number of ketones is 1. The van der Waals surface area contributed by atoms with E-state index in [4.69, 9.17) is 21.1 Å². The van der Waals surface area contributed by atoms with E-state index < -0.39 is 17.8 Å². The summed E-state index contributed by atoms with van der Waals surface area (Å²) in [4.78, 5) is 26.2. The number of hydrogen-bond donors (Lipinski definition) is 1. The number of halogens is 1. The van der Waals surface area contributed by atoms with E-state index >= 15 is 0 Å². The Bertz CT molecular complexity index is 1090. The standard InChI is InChI=1S/C25H24ClNO4/c1-14-22(25(29)31-3)23(18-6-4-5-7-19(18)26)24-20(27-14)12-16(13-21(24)28)15-8-10-17(30-2)11-9-15/h4-12,16,23-24,27H,13H2,1-3H3. The molecule has 6 heteroatoms. The molecule has 3 atom stereocenters. The molecule has 1 heterocycles. The van der Waals surface area contributed by atoms with Crippen molar-refractivity contribution in [3.63, 3.8) is 0 Å². The minimum absolute atomic E-state index is 0.0588. The van der Waals surface area contributed by atoms with Crippen molar-refractivity contribution < 1.29 is 19.1 Å². The van der Waals surface area contributed by atoms with Crippen molar-refractivity contribution in [1.29, 1.82) is 0 Å². The largest absolute Gasteiger partial charge is 0.497 e. The van der Waals surface area contributed by atoms with E-state index in [9.17, 15) is 9.59 Å². The summed E-state index contributed by atoms with van der Waals surface area (Å²) in [6.45, 7) is 1.83. The fourth-order valence-corrected chi connectivity index (χ4v) is 4.84. The van der Waals surface area contributed by atoms with Gasteiger partial charge in [0, 0.05) is 34.7 Å². The molecule has 3 unspecified atom stereocenters. The lowest BCUT2D eigenvalue weighted by atomic mass is 9.68. The number of carbonyl (C=O) groups is 2. The highest BCUT2D eigenvalue weighted by atomic mass is 35.5. The molecule has 0 aromatic heterocycles. The Morgan fingerprint density at radius 3 is 2.42 bits per heavy atom. The molecule has 0 amide bonds. The van der Waals surface area contributed by atoms with Crippen LogP contribution in [0.4, 0.5) is 0 Å². The molecule has 160 valence electrons. The molecule has 0 spiro atoms. The Kier molecular flexibility index (Phi) is 5.88. The lowest BCUT2D eigenvalue weighted by Gasteiger charge is -2.39. The normalized spacial score (nSPS) is 22.9. The molecule has 1 aliphatic carbocycles. The van der Waals surface area contributed by atoms with E-state index in [0.29, 0.717) is 22.7 Å². The second-order valence-electron chi connectivity index (χ2n) is 7.80. The van der Waals surface area contributed by atoms with Crippen LogP contribution in [0, 0.1) is 5.92 Å². The highest BCUT2D eigenvalue weighted by Crippen LogP contribution is 2.47. The molecule has 2 aromatic rings. The molecule has 2 aliphatic rings. The van der Waals surface area contributed by atoms with Gasteiger partial charge in [0.15, 0.2) is 0 Å². The molecule has 31 heavy (non-hydrogen) atoms. The van der Waals surface area contributed by atoms with Gasteiger partial charge in [-0.25, -0.2) is 4.79 Å². The van der Waals surface area contributed by atoms with Crippen LogP contribution < -0.4 is 10.1 Å². The minimum atomic E-state index is -0.521. The van der Waals surface area contributed by atoms with Crippen molar-refractivity contribution in [1.82, 2.24) is 5.32 Å². The second-order valence-corrected chi connectivity index (χ2v) is 8.21. The van der Waals surface area contributed by atoms with Crippen molar-refractivity contribution in [2.75, 3.05) is 14.2 Å². The predicted molar refractivity (Wildman–Crippen MR) is 119 cm³/mol. The molecular formula is C25H24ClNO4. The van der Waals surface area contributed by atoms with Crippen LogP contribution >= 0.6 is 11.6 Å². The van der Waals surface area contributed by atoms with E-state index in [1.165, 1.54) is 7.11 Å². The number of rotatable bonds is 4. The second kappa shape index (κ2) is 8.60. The Hall–Kier alpha value is -3.05. The first-order valence-electron chi connectivity index (χ1n) is 10.1. The fourth-order valence-electron chi connectivity index (χ4n) is 4.58. The van der Waals surface area contributed by atoms with Gasteiger partial charge >= 0.3 is 5.97 Å². The molecule has 2 aromatic carbocycles. The Morgan fingerprint density at radius 1 is 1.06 bits per heavy atom. The predicted octanol–water partition coefficient (Wildman–Crippen LogP) is 4.74. The van der Waals surface area contributed by atoms with Crippen LogP contribution in [-0.4, -0.2) is 26.0 Å². The van der Waals surface area contributed by atoms with Crippen molar-refractivity contribution in [2.24, 2.45) is 5.92 Å². The molecule has 0 bridgehead atoms. The zero-order valence-electron chi connectivity index (χ0n) is 17.6. The highest BCUT2D eigenvalue weighted by molar-refractivity contribution is 6.31. The van der Waals surface area contributed by atoms with E-state index in [-0.39, 0.29) is 11.7 Å². The molecule has 5 nitrogen and oxygen atoms in total. The molecule has 4 rings (SSSR count). The van der Waals surface area contributed by atoms with Crippen molar-refractivity contribution in [3.05, 3.63) is 87.7 Å². The maximum absolute atomic E-state index is 13.5. The number of fused-ring (bicyclic) bond motifs is 1. The monoisotopic (exact) mass is 437 g/mol. The van der Waals surface area contributed by atoms with Gasteiger partial charge in [-0.15, -0.1) is 0 Å². The summed E-state index contributed by atoms with van der Waals surface area (Å²) in [7, 11) is 2.97. The van der Waals surface area contributed by atoms with E-state index in [0.717, 1.165) is 22.6 Å². The van der Waals surface area contributed by atoms with Gasteiger partial charge in [0.2, 0.25) is 0 Å². The number of Topliss-reactive ketones (excluding diaryl/α,β-unsaturated/α-hetero) is 1. The first kappa shape index (κ1) is 21.2.